The molecule has 2 aliphatic rings. The van der Waals surface area contributed by atoms with E-state index in [1.165, 1.54) is 6.92 Å². The largest absolute Gasteiger partial charge is 0.394 e. The predicted molar refractivity (Wildman–Crippen MR) is 87.9 cm³/mol. The number of aliphatic hydroxyl groups is 4. The van der Waals surface area contributed by atoms with Crippen LogP contribution in [0.1, 0.15) is 19.8 Å². The molecule has 25 heavy (non-hydrogen) atoms. The second-order valence-corrected chi connectivity index (χ2v) is 5.88. The second-order valence-electron chi connectivity index (χ2n) is 5.88. The standard InChI is InChI=1S/C10H17NO6.C6H9NO/c1-4(2)9(15)11-6-8(14)7(13)5(3-12)17-10(6)16;1-2-7-5-3-4-6(7)8/h5-8,10,12-14,16H,1,3H2,2H3,(H,11,15);2H,1,3-5H2/t5-,6-,7-,8-,10?;/m1./s1. The first-order valence-corrected chi connectivity index (χ1v) is 7.91. The minimum Gasteiger partial charge on any atom is -0.394 e. The van der Waals surface area contributed by atoms with Crippen LogP contribution < -0.4 is 5.32 Å². The van der Waals surface area contributed by atoms with Crippen molar-refractivity contribution in [2.45, 2.75) is 50.4 Å². The molecule has 0 aliphatic carbocycles. The first-order chi connectivity index (χ1) is 11.7. The molecule has 0 radical (unpaired) electrons. The van der Waals surface area contributed by atoms with Crippen LogP contribution in [0.2, 0.25) is 0 Å². The van der Waals surface area contributed by atoms with E-state index in [2.05, 4.69) is 18.5 Å². The van der Waals surface area contributed by atoms with Crippen molar-refractivity contribution in [2.24, 2.45) is 0 Å². The van der Waals surface area contributed by atoms with Crippen LogP contribution in [0.25, 0.3) is 0 Å². The number of ether oxygens (including phenoxy) is 1. The maximum Gasteiger partial charge on any atom is 0.246 e. The van der Waals surface area contributed by atoms with Crippen LogP contribution in [0.15, 0.2) is 24.9 Å². The molecule has 142 valence electrons. The molecule has 2 aliphatic heterocycles. The first kappa shape index (κ1) is 21.3. The van der Waals surface area contributed by atoms with Crippen molar-refractivity contribution in [3.63, 3.8) is 0 Å². The summed E-state index contributed by atoms with van der Waals surface area (Å²) in [6, 6.07) is -1.17. The van der Waals surface area contributed by atoms with E-state index >= 15 is 0 Å². The van der Waals surface area contributed by atoms with Crippen molar-refractivity contribution in [2.75, 3.05) is 13.2 Å². The van der Waals surface area contributed by atoms with Gasteiger partial charge in [0, 0.05) is 18.5 Å². The number of hydrogen-bond donors (Lipinski definition) is 5. The minimum absolute atomic E-state index is 0.197. The number of rotatable bonds is 4. The van der Waals surface area contributed by atoms with Crippen LogP contribution in [-0.2, 0) is 14.3 Å². The van der Waals surface area contributed by atoms with Crippen molar-refractivity contribution in [3.8, 4) is 0 Å². The molecular formula is C16H26N2O7. The Labute approximate surface area is 146 Å². The SMILES string of the molecule is C=C(C)C(=O)N[C@H]1C(O)O[C@H](CO)[C@@H](O)[C@@H]1O.C=CN1CCCC1=O. The number of aliphatic hydroxyl groups excluding tert-OH is 4. The topological polar surface area (TPSA) is 140 Å². The van der Waals surface area contributed by atoms with Gasteiger partial charge < -0.3 is 35.4 Å². The van der Waals surface area contributed by atoms with Gasteiger partial charge in [-0.3, -0.25) is 9.59 Å². The van der Waals surface area contributed by atoms with Gasteiger partial charge in [-0.15, -0.1) is 0 Å². The van der Waals surface area contributed by atoms with E-state index < -0.39 is 43.2 Å². The van der Waals surface area contributed by atoms with Gasteiger partial charge >= 0.3 is 0 Å². The predicted octanol–water partition coefficient (Wildman–Crippen LogP) is -1.77. The molecule has 0 aromatic heterocycles. The number of carbonyl (C=O) groups is 2. The highest BCUT2D eigenvalue weighted by Gasteiger charge is 2.44. The summed E-state index contributed by atoms with van der Waals surface area (Å²) in [5, 5.41) is 39.9. The number of nitrogens with one attached hydrogen (secondary N) is 1. The second kappa shape index (κ2) is 9.64. The number of likely N-dealkylation sites (tertiary alicyclic amines) is 1. The molecule has 0 aromatic rings. The van der Waals surface area contributed by atoms with Crippen LogP contribution >= 0.6 is 0 Å². The average Bonchev–Trinajstić information content (AvgIpc) is 3.00. The van der Waals surface area contributed by atoms with Crippen LogP contribution in [0.5, 0.6) is 0 Å². The lowest BCUT2D eigenvalue weighted by Crippen LogP contribution is -2.64. The molecule has 9 nitrogen and oxygen atoms in total. The fraction of sp³-hybridized carbons (Fsp3) is 0.625. The number of hydrogen-bond acceptors (Lipinski definition) is 7. The molecule has 0 bridgehead atoms. The normalized spacial score (nSPS) is 31.8. The Kier molecular flexibility index (Phi) is 8.20. The Morgan fingerprint density at radius 3 is 2.44 bits per heavy atom. The molecule has 2 rings (SSSR count). The Morgan fingerprint density at radius 2 is 2.04 bits per heavy atom. The van der Waals surface area contributed by atoms with Crippen LogP contribution in [0.3, 0.4) is 0 Å². The molecule has 2 fully saturated rings. The van der Waals surface area contributed by atoms with Crippen molar-refractivity contribution < 1.29 is 34.8 Å². The molecule has 2 amide bonds. The quantitative estimate of drug-likeness (QED) is 0.375. The highest BCUT2D eigenvalue weighted by atomic mass is 16.6. The molecule has 1 unspecified atom stereocenters. The van der Waals surface area contributed by atoms with Crippen LogP contribution in [0, 0.1) is 0 Å². The number of amides is 2. The summed E-state index contributed by atoms with van der Waals surface area (Å²) in [6.07, 6.45) is -2.13. The van der Waals surface area contributed by atoms with E-state index in [-0.39, 0.29) is 11.5 Å². The average molecular weight is 358 g/mol. The highest BCUT2D eigenvalue weighted by molar-refractivity contribution is 5.92. The maximum absolute atomic E-state index is 11.3. The lowest BCUT2D eigenvalue weighted by molar-refractivity contribution is -0.253. The third-order valence-electron chi connectivity index (χ3n) is 3.92. The zero-order valence-corrected chi connectivity index (χ0v) is 14.2. The van der Waals surface area contributed by atoms with Crippen LogP contribution in [-0.4, -0.2) is 80.9 Å². The van der Waals surface area contributed by atoms with E-state index in [9.17, 15) is 24.9 Å². The van der Waals surface area contributed by atoms with E-state index in [1.54, 1.807) is 11.1 Å². The van der Waals surface area contributed by atoms with Gasteiger partial charge in [0.25, 0.3) is 0 Å². The summed E-state index contributed by atoms with van der Waals surface area (Å²) >= 11 is 0. The molecule has 5 N–H and O–H groups in total. The summed E-state index contributed by atoms with van der Waals surface area (Å²) < 4.78 is 4.86. The summed E-state index contributed by atoms with van der Waals surface area (Å²) in [4.78, 5) is 23.7. The Balaban J connectivity index is 0.000000324. The third kappa shape index (κ3) is 5.62. The van der Waals surface area contributed by atoms with Gasteiger partial charge in [0.15, 0.2) is 6.29 Å². The van der Waals surface area contributed by atoms with Gasteiger partial charge in [-0.25, -0.2) is 0 Å². The summed E-state index contributed by atoms with van der Waals surface area (Å²) in [5.41, 5.74) is 0.197. The lowest BCUT2D eigenvalue weighted by atomic mass is 9.97. The molecular weight excluding hydrogens is 332 g/mol. The molecule has 9 heteroatoms. The fourth-order valence-electron chi connectivity index (χ4n) is 2.39. The Bertz CT molecular complexity index is 511. The molecule has 0 spiro atoms. The highest BCUT2D eigenvalue weighted by Crippen LogP contribution is 2.19. The van der Waals surface area contributed by atoms with Gasteiger partial charge in [-0.1, -0.05) is 13.2 Å². The molecule has 2 heterocycles. The summed E-state index contributed by atoms with van der Waals surface area (Å²) in [5.74, 6) is -0.355. The third-order valence-corrected chi connectivity index (χ3v) is 3.92. The zero-order valence-electron chi connectivity index (χ0n) is 14.2. The zero-order chi connectivity index (χ0) is 19.1. The minimum atomic E-state index is -1.51. The van der Waals surface area contributed by atoms with Gasteiger partial charge in [0.2, 0.25) is 11.8 Å². The number of carbonyl (C=O) groups excluding carboxylic acids is 2. The smallest absolute Gasteiger partial charge is 0.246 e. The van der Waals surface area contributed by atoms with Gasteiger partial charge in [0.1, 0.15) is 24.4 Å². The van der Waals surface area contributed by atoms with Gasteiger partial charge in [0.05, 0.1) is 6.61 Å². The monoisotopic (exact) mass is 358 g/mol. The molecule has 5 atom stereocenters. The summed E-state index contributed by atoms with van der Waals surface area (Å²) in [6.45, 7) is 8.68. The van der Waals surface area contributed by atoms with E-state index in [0.29, 0.717) is 6.42 Å². The first-order valence-electron chi connectivity index (χ1n) is 7.91. The summed E-state index contributed by atoms with van der Waals surface area (Å²) in [7, 11) is 0. The fourth-order valence-corrected chi connectivity index (χ4v) is 2.39. The van der Waals surface area contributed by atoms with Gasteiger partial charge in [-0.05, 0) is 19.5 Å². The molecule has 0 saturated carbocycles. The Hall–Kier alpha value is -1.78. The van der Waals surface area contributed by atoms with E-state index in [0.717, 1.165) is 13.0 Å². The lowest BCUT2D eigenvalue weighted by Gasteiger charge is -2.40. The van der Waals surface area contributed by atoms with Crippen molar-refractivity contribution in [3.05, 3.63) is 24.9 Å². The van der Waals surface area contributed by atoms with E-state index in [4.69, 9.17) is 9.84 Å². The van der Waals surface area contributed by atoms with Crippen molar-refractivity contribution >= 4 is 11.8 Å². The Morgan fingerprint density at radius 1 is 1.40 bits per heavy atom. The number of nitrogens with zero attached hydrogens (tertiary/aromatic N) is 1. The van der Waals surface area contributed by atoms with Crippen molar-refractivity contribution in [1.82, 2.24) is 10.2 Å². The van der Waals surface area contributed by atoms with Gasteiger partial charge in [-0.2, -0.15) is 0 Å². The molecule has 0 aromatic carbocycles. The maximum atomic E-state index is 11.3. The molecule has 2 saturated heterocycles. The van der Waals surface area contributed by atoms with Crippen molar-refractivity contribution in [1.29, 1.82) is 0 Å². The van der Waals surface area contributed by atoms with E-state index in [1.807, 2.05) is 0 Å². The van der Waals surface area contributed by atoms with Crippen LogP contribution in [0.4, 0.5) is 0 Å².